The van der Waals surface area contributed by atoms with Crippen LogP contribution in [0.3, 0.4) is 0 Å². The molecule has 0 spiro atoms. The summed E-state index contributed by atoms with van der Waals surface area (Å²) in [6, 6.07) is 20.9. The topological polar surface area (TPSA) is 79.2 Å². The second kappa shape index (κ2) is 10.3. The fourth-order valence-corrected chi connectivity index (χ4v) is 4.88. The highest BCUT2D eigenvalue weighted by Gasteiger charge is 2.24. The first kappa shape index (κ1) is 23.1. The van der Waals surface area contributed by atoms with Gasteiger partial charge in [0.2, 0.25) is 5.95 Å². The number of aromatic nitrogens is 4. The van der Waals surface area contributed by atoms with Crippen molar-refractivity contribution in [3.63, 3.8) is 0 Å². The summed E-state index contributed by atoms with van der Waals surface area (Å²) in [6.45, 7) is 5.27. The summed E-state index contributed by atoms with van der Waals surface area (Å²) in [4.78, 5) is 37.0. The van der Waals surface area contributed by atoms with E-state index in [1.807, 2.05) is 22.8 Å². The predicted molar refractivity (Wildman–Crippen MR) is 139 cm³/mol. The lowest BCUT2D eigenvalue weighted by molar-refractivity contribution is 0.253. The molecule has 0 amide bonds. The monoisotopic (exact) mass is 472 g/mol. The number of hydrogen-bond acceptors (Lipinski definition) is 5. The summed E-state index contributed by atoms with van der Waals surface area (Å²) >= 11 is 0. The molecule has 0 radical (unpaired) electrons. The Hall–Kier alpha value is -3.65. The van der Waals surface area contributed by atoms with Crippen molar-refractivity contribution in [2.24, 2.45) is 7.05 Å². The number of benzene rings is 2. The highest BCUT2D eigenvalue weighted by molar-refractivity contribution is 5.74. The normalized spacial score (nSPS) is 14.6. The maximum Gasteiger partial charge on any atom is 0.329 e. The van der Waals surface area contributed by atoms with E-state index < -0.39 is 5.69 Å². The number of nitrogens with zero attached hydrogens (tertiary/aromatic N) is 5. The zero-order chi connectivity index (χ0) is 24.2. The zero-order valence-corrected chi connectivity index (χ0v) is 20.2. The van der Waals surface area contributed by atoms with Gasteiger partial charge in [-0.15, -0.1) is 0 Å². The van der Waals surface area contributed by atoms with Crippen LogP contribution in [0, 0.1) is 0 Å². The predicted octanol–water partition coefficient (Wildman–Crippen LogP) is 2.42. The highest BCUT2D eigenvalue weighted by atomic mass is 16.2. The maximum absolute atomic E-state index is 12.8. The quantitative estimate of drug-likeness (QED) is 0.426. The van der Waals surface area contributed by atoms with E-state index >= 15 is 0 Å². The molecule has 1 N–H and O–H groups in total. The fraction of sp³-hybridized carbons (Fsp3) is 0.370. The number of piperazine rings is 1. The van der Waals surface area contributed by atoms with Crippen molar-refractivity contribution < 1.29 is 0 Å². The standard InChI is InChI=1S/C27H32N6O2/c1-30-24-23(25(34)29-27(30)35)33(16-14-22-11-6-3-7-12-22)26(28-24)32-19-17-31(18-20-32)15-8-13-21-9-4-2-5-10-21/h2-7,9-12H,8,13-20H2,1H3,(H,29,34,35). The van der Waals surface area contributed by atoms with Crippen LogP contribution in [0.5, 0.6) is 0 Å². The molecule has 1 saturated heterocycles. The Morgan fingerprint density at radius 1 is 0.829 bits per heavy atom. The van der Waals surface area contributed by atoms with Gasteiger partial charge in [0.05, 0.1) is 0 Å². The van der Waals surface area contributed by atoms with Gasteiger partial charge in [0.1, 0.15) is 0 Å². The van der Waals surface area contributed by atoms with E-state index in [2.05, 4.69) is 57.2 Å². The van der Waals surface area contributed by atoms with Gasteiger partial charge in [0.25, 0.3) is 5.56 Å². The summed E-state index contributed by atoms with van der Waals surface area (Å²) < 4.78 is 3.42. The van der Waals surface area contributed by atoms with Gasteiger partial charge in [0.15, 0.2) is 11.2 Å². The van der Waals surface area contributed by atoms with Gasteiger partial charge in [-0.2, -0.15) is 4.98 Å². The van der Waals surface area contributed by atoms with Crippen LogP contribution >= 0.6 is 0 Å². The number of nitrogens with one attached hydrogen (secondary N) is 1. The maximum atomic E-state index is 12.8. The number of fused-ring (bicyclic) bond motifs is 1. The third-order valence-corrected chi connectivity index (χ3v) is 6.89. The van der Waals surface area contributed by atoms with Crippen molar-refractivity contribution in [3.05, 3.63) is 92.6 Å². The Labute approximate surface area is 204 Å². The van der Waals surface area contributed by atoms with Gasteiger partial charge in [-0.05, 0) is 36.9 Å². The summed E-state index contributed by atoms with van der Waals surface area (Å²) in [5.74, 6) is 0.770. The largest absolute Gasteiger partial charge is 0.340 e. The molecule has 2 aromatic heterocycles. The first-order chi connectivity index (χ1) is 17.1. The zero-order valence-electron chi connectivity index (χ0n) is 20.2. The minimum Gasteiger partial charge on any atom is -0.340 e. The lowest BCUT2D eigenvalue weighted by Gasteiger charge is -2.35. The lowest BCUT2D eigenvalue weighted by atomic mass is 10.1. The van der Waals surface area contributed by atoms with Crippen molar-refractivity contribution in [2.45, 2.75) is 25.8 Å². The van der Waals surface area contributed by atoms with E-state index in [-0.39, 0.29) is 5.56 Å². The van der Waals surface area contributed by atoms with Crippen LogP contribution in [0.15, 0.2) is 70.3 Å². The SMILES string of the molecule is Cn1c(=O)[nH]c(=O)c2c1nc(N1CCN(CCCc3ccccc3)CC1)n2CCc1ccccc1. The third-order valence-electron chi connectivity index (χ3n) is 6.89. The molecule has 2 aromatic carbocycles. The molecule has 1 aliphatic heterocycles. The van der Waals surface area contributed by atoms with Gasteiger partial charge in [0, 0.05) is 39.8 Å². The molecule has 3 heterocycles. The number of aromatic amines is 1. The van der Waals surface area contributed by atoms with E-state index in [0.717, 1.165) is 57.9 Å². The number of hydrogen-bond donors (Lipinski definition) is 1. The van der Waals surface area contributed by atoms with E-state index in [1.54, 1.807) is 7.05 Å². The van der Waals surface area contributed by atoms with Gasteiger partial charge >= 0.3 is 5.69 Å². The van der Waals surface area contributed by atoms with E-state index in [9.17, 15) is 9.59 Å². The molecule has 182 valence electrons. The Morgan fingerprint density at radius 2 is 1.46 bits per heavy atom. The van der Waals surface area contributed by atoms with Crippen LogP contribution in [0.1, 0.15) is 17.5 Å². The van der Waals surface area contributed by atoms with Gasteiger partial charge in [-0.25, -0.2) is 4.79 Å². The molecular weight excluding hydrogens is 440 g/mol. The fourth-order valence-electron chi connectivity index (χ4n) is 4.88. The molecule has 0 aliphatic carbocycles. The van der Waals surface area contributed by atoms with Crippen LogP contribution in [-0.2, 0) is 26.4 Å². The smallest absolute Gasteiger partial charge is 0.329 e. The minimum absolute atomic E-state index is 0.380. The Kier molecular flexibility index (Phi) is 6.81. The van der Waals surface area contributed by atoms with E-state index in [1.165, 1.54) is 15.7 Å². The summed E-state index contributed by atoms with van der Waals surface area (Å²) in [5.41, 5.74) is 2.66. The molecule has 8 heteroatoms. The summed E-state index contributed by atoms with van der Waals surface area (Å²) in [7, 11) is 1.66. The number of anilines is 1. The Morgan fingerprint density at radius 3 is 2.11 bits per heavy atom. The molecular formula is C27H32N6O2. The molecule has 0 atom stereocenters. The minimum atomic E-state index is -0.440. The molecule has 4 aromatic rings. The molecule has 1 fully saturated rings. The van der Waals surface area contributed by atoms with Crippen molar-refractivity contribution in [1.82, 2.24) is 24.0 Å². The van der Waals surface area contributed by atoms with Gasteiger partial charge < -0.3 is 9.47 Å². The van der Waals surface area contributed by atoms with Crippen molar-refractivity contribution in [1.29, 1.82) is 0 Å². The molecule has 0 saturated carbocycles. The Balaban J connectivity index is 1.33. The number of rotatable bonds is 8. The molecule has 1 aliphatic rings. The second-order valence-electron chi connectivity index (χ2n) is 9.21. The number of imidazole rings is 1. The molecule has 8 nitrogen and oxygen atoms in total. The molecule has 35 heavy (non-hydrogen) atoms. The van der Waals surface area contributed by atoms with Crippen molar-refractivity contribution in [3.8, 4) is 0 Å². The van der Waals surface area contributed by atoms with E-state index in [0.29, 0.717) is 17.7 Å². The van der Waals surface area contributed by atoms with E-state index in [4.69, 9.17) is 4.98 Å². The molecule has 0 unspecified atom stereocenters. The first-order valence-electron chi connectivity index (χ1n) is 12.3. The molecule has 0 bridgehead atoms. The third kappa shape index (κ3) is 5.07. The number of H-pyrrole nitrogens is 1. The van der Waals surface area contributed by atoms with Crippen LogP contribution < -0.4 is 16.1 Å². The van der Waals surface area contributed by atoms with Crippen LogP contribution in [0.4, 0.5) is 5.95 Å². The molecule has 5 rings (SSSR count). The van der Waals surface area contributed by atoms with Gasteiger partial charge in [-0.1, -0.05) is 60.7 Å². The number of aryl methyl sites for hydroxylation is 4. The highest BCUT2D eigenvalue weighted by Crippen LogP contribution is 2.22. The summed E-state index contributed by atoms with van der Waals surface area (Å²) in [5, 5.41) is 0. The summed E-state index contributed by atoms with van der Waals surface area (Å²) in [6.07, 6.45) is 3.01. The van der Waals surface area contributed by atoms with Crippen molar-refractivity contribution >= 4 is 17.1 Å². The van der Waals surface area contributed by atoms with Crippen LogP contribution in [0.25, 0.3) is 11.2 Å². The van der Waals surface area contributed by atoms with Crippen LogP contribution in [-0.4, -0.2) is 56.7 Å². The van der Waals surface area contributed by atoms with Crippen LogP contribution in [0.2, 0.25) is 0 Å². The lowest BCUT2D eigenvalue weighted by Crippen LogP contribution is -2.47. The van der Waals surface area contributed by atoms with Crippen molar-refractivity contribution in [2.75, 3.05) is 37.6 Å². The average Bonchev–Trinajstić information content (AvgIpc) is 3.28. The average molecular weight is 473 g/mol. The van der Waals surface area contributed by atoms with Gasteiger partial charge in [-0.3, -0.25) is 19.2 Å². The first-order valence-corrected chi connectivity index (χ1v) is 12.3. The Bertz CT molecular complexity index is 1380. The second-order valence-corrected chi connectivity index (χ2v) is 9.21.